The normalized spacial score (nSPS) is 20.7. The van der Waals surface area contributed by atoms with E-state index in [0.29, 0.717) is 40.4 Å². The molecule has 288 valence electrons. The Kier molecular flexibility index (Phi) is 11.1. The minimum atomic E-state index is -1.53. The number of unbranched alkanes of at least 4 members (excludes halogenated alkanes) is 3. The molecule has 56 heavy (non-hydrogen) atoms. The number of para-hydroxylation sites is 3. The quantitative estimate of drug-likeness (QED) is 0.0856. The van der Waals surface area contributed by atoms with Crippen molar-refractivity contribution in [1.82, 2.24) is 40.5 Å². The molecule has 7 rings (SSSR count). The summed E-state index contributed by atoms with van der Waals surface area (Å²) in [5, 5.41) is 16.3. The first-order chi connectivity index (χ1) is 27.1. The average molecular weight is 775 g/mol. The van der Waals surface area contributed by atoms with E-state index in [1.54, 1.807) is 6.92 Å². The van der Waals surface area contributed by atoms with E-state index in [-0.39, 0.29) is 30.8 Å². The third-order valence-electron chi connectivity index (χ3n) is 10.2. The Balaban J connectivity index is 1.21. The summed E-state index contributed by atoms with van der Waals surface area (Å²) in [6.45, 7) is 9.16. The highest BCUT2D eigenvalue weighted by molar-refractivity contribution is 7.21. The Labute approximate surface area is 327 Å². The lowest BCUT2D eigenvalue weighted by Gasteiger charge is -2.29. The molecule has 0 spiro atoms. The lowest BCUT2D eigenvalue weighted by Crippen LogP contribution is -2.56. The molecule has 3 amide bonds. The van der Waals surface area contributed by atoms with Crippen LogP contribution in [0.1, 0.15) is 61.1 Å². The zero-order valence-electron chi connectivity index (χ0n) is 30.9. The molecule has 3 N–H and O–H groups in total. The molecule has 5 atom stereocenters. The molecule has 3 unspecified atom stereocenters. The van der Waals surface area contributed by atoms with Gasteiger partial charge in [0.1, 0.15) is 34.6 Å². The number of nitrogens with one attached hydrogen (secondary N) is 2. The maximum absolute atomic E-state index is 14.7. The summed E-state index contributed by atoms with van der Waals surface area (Å²) in [4.78, 5) is 78.8. The molecule has 1 saturated carbocycles. The zero-order valence-corrected chi connectivity index (χ0v) is 31.7. The number of ether oxygens (including phenoxy) is 1. The lowest BCUT2D eigenvalue weighted by molar-refractivity contribution is -0.145. The number of aliphatic carboxylic acids is 1. The Morgan fingerprint density at radius 2 is 1.71 bits per heavy atom. The van der Waals surface area contributed by atoms with Crippen LogP contribution in [0.2, 0.25) is 0 Å². The molecular formula is C41H42N8O6S. The summed E-state index contributed by atoms with van der Waals surface area (Å²) >= 11 is 1.44. The number of thiazole rings is 1. The minimum absolute atomic E-state index is 0.0195. The highest BCUT2D eigenvalue weighted by Crippen LogP contribution is 2.45. The number of carbonyl (C=O) groups is 4. The summed E-state index contributed by atoms with van der Waals surface area (Å²) in [6.07, 6.45) is 8.92. The Hall–Kier alpha value is -6.09. The fourth-order valence-electron chi connectivity index (χ4n) is 7.05. The summed E-state index contributed by atoms with van der Waals surface area (Å²) in [5.74, 6) is -2.66. The number of fused-ring (bicyclic) bond motifs is 2. The van der Waals surface area contributed by atoms with Crippen molar-refractivity contribution in [3.05, 3.63) is 97.6 Å². The van der Waals surface area contributed by atoms with Crippen molar-refractivity contribution in [2.45, 2.75) is 75.6 Å². The molecule has 2 fully saturated rings. The van der Waals surface area contributed by atoms with Crippen LogP contribution in [0.5, 0.6) is 5.88 Å². The van der Waals surface area contributed by atoms with Gasteiger partial charge in [-0.2, -0.15) is 0 Å². The number of allylic oxidation sites excluding steroid dienone is 1. The van der Waals surface area contributed by atoms with Gasteiger partial charge in [-0.1, -0.05) is 49.3 Å². The van der Waals surface area contributed by atoms with Crippen LogP contribution in [0.25, 0.3) is 32.0 Å². The van der Waals surface area contributed by atoms with Crippen LogP contribution < -0.4 is 15.4 Å². The second kappa shape index (κ2) is 16.3. The van der Waals surface area contributed by atoms with E-state index in [9.17, 15) is 24.3 Å². The SMILES string of the molecule is C=CCCCCCC(NC(=O)c1cnc(C)nc1)C(=O)N1C[C@H](Oc2nc3ccccc3nc2-c2nc3ccccc3s2)C[C@H]1C(=O)NC1(C(=O)O)CC1C=C. The van der Waals surface area contributed by atoms with Crippen molar-refractivity contribution in [1.29, 1.82) is 0 Å². The highest BCUT2D eigenvalue weighted by Gasteiger charge is 2.61. The lowest BCUT2D eigenvalue weighted by atomic mass is 10.0. The zero-order chi connectivity index (χ0) is 39.4. The van der Waals surface area contributed by atoms with Crippen LogP contribution in [-0.4, -0.2) is 88.9 Å². The number of likely N-dealkylation sites (tertiary alicyclic amines) is 1. The summed E-state index contributed by atoms with van der Waals surface area (Å²) < 4.78 is 7.56. The van der Waals surface area contributed by atoms with Gasteiger partial charge in [-0.3, -0.25) is 14.4 Å². The maximum Gasteiger partial charge on any atom is 0.330 e. The van der Waals surface area contributed by atoms with Crippen LogP contribution >= 0.6 is 11.3 Å². The second-order valence-electron chi connectivity index (χ2n) is 14.1. The molecule has 2 aliphatic rings. The van der Waals surface area contributed by atoms with Crippen LogP contribution in [-0.2, 0) is 14.4 Å². The van der Waals surface area contributed by atoms with Gasteiger partial charge in [0.05, 0.1) is 33.4 Å². The van der Waals surface area contributed by atoms with Crippen LogP contribution in [0.4, 0.5) is 0 Å². The fourth-order valence-corrected chi connectivity index (χ4v) is 8.00. The number of aromatic nitrogens is 5. The number of amides is 3. The minimum Gasteiger partial charge on any atom is -0.479 e. The first kappa shape index (κ1) is 38.2. The Morgan fingerprint density at radius 1 is 1.00 bits per heavy atom. The standard InChI is InChI=1S/C41H42N8O6S/c1-4-6-7-8-9-17-31(45-35(50)25-21-42-24(3)43-22-25)39(52)49-23-27(19-32(49)36(51)48-41(40(53)54)20-26(41)5-2)55-37-34(44-28-14-10-11-15-29(28)46-37)38-47-30-16-12-13-18-33(30)56-38/h4-5,10-16,18,21-22,26-27,31-32H,1-2,6-9,17,19-20,23H2,3H3,(H,45,50)(H,48,51)(H,53,54)/t26?,27-,31?,32+,41?/m1/s1. The highest BCUT2D eigenvalue weighted by atomic mass is 32.1. The van der Waals surface area contributed by atoms with Crippen molar-refractivity contribution < 1.29 is 29.0 Å². The molecule has 2 aromatic carbocycles. The topological polar surface area (TPSA) is 189 Å². The molecular weight excluding hydrogens is 733 g/mol. The maximum atomic E-state index is 14.7. The Bertz CT molecular complexity index is 2280. The molecule has 14 nitrogen and oxygen atoms in total. The van der Waals surface area contributed by atoms with Gasteiger partial charge in [0, 0.05) is 24.7 Å². The third kappa shape index (κ3) is 7.98. The molecule has 4 heterocycles. The number of hydrogen-bond acceptors (Lipinski definition) is 11. The van der Waals surface area contributed by atoms with Crippen LogP contribution in [0.3, 0.4) is 0 Å². The van der Waals surface area contributed by atoms with E-state index in [1.165, 1.54) is 34.7 Å². The average Bonchev–Trinajstić information content (AvgIpc) is 3.50. The number of aryl methyl sites for hydroxylation is 1. The second-order valence-corrected chi connectivity index (χ2v) is 15.1. The van der Waals surface area contributed by atoms with E-state index in [1.807, 2.05) is 54.6 Å². The van der Waals surface area contributed by atoms with Gasteiger partial charge in [-0.15, -0.1) is 24.5 Å². The molecule has 1 aliphatic carbocycles. The molecule has 5 aromatic rings. The number of rotatable bonds is 16. The monoisotopic (exact) mass is 774 g/mol. The summed E-state index contributed by atoms with van der Waals surface area (Å²) in [5.41, 5.74) is 1.09. The summed E-state index contributed by atoms with van der Waals surface area (Å²) in [6, 6.07) is 12.9. The van der Waals surface area contributed by atoms with Gasteiger partial charge in [-0.05, 0) is 56.9 Å². The van der Waals surface area contributed by atoms with Crippen molar-refractivity contribution in [2.24, 2.45) is 5.92 Å². The molecule has 15 heteroatoms. The van der Waals surface area contributed by atoms with E-state index in [4.69, 9.17) is 19.7 Å². The van der Waals surface area contributed by atoms with Crippen LogP contribution in [0, 0.1) is 12.8 Å². The number of carboxylic acid groups (broad SMARTS) is 1. The predicted octanol–water partition coefficient (Wildman–Crippen LogP) is 5.43. The van der Waals surface area contributed by atoms with Crippen molar-refractivity contribution in [3.63, 3.8) is 0 Å². The number of nitrogens with zero attached hydrogens (tertiary/aromatic N) is 6. The van der Waals surface area contributed by atoms with Gasteiger partial charge in [0.25, 0.3) is 5.91 Å². The molecule has 1 aliphatic heterocycles. The van der Waals surface area contributed by atoms with Gasteiger partial charge in [-0.25, -0.2) is 29.7 Å². The van der Waals surface area contributed by atoms with E-state index in [2.05, 4.69) is 33.8 Å². The van der Waals surface area contributed by atoms with Crippen molar-refractivity contribution in [2.75, 3.05) is 6.54 Å². The molecule has 0 radical (unpaired) electrons. The molecule has 0 bridgehead atoms. The van der Waals surface area contributed by atoms with E-state index >= 15 is 0 Å². The number of carbonyl (C=O) groups excluding carboxylic acids is 3. The van der Waals surface area contributed by atoms with Gasteiger partial charge in [0.15, 0.2) is 5.69 Å². The smallest absolute Gasteiger partial charge is 0.330 e. The summed E-state index contributed by atoms with van der Waals surface area (Å²) in [7, 11) is 0. The fraction of sp³-hybridized carbons (Fsp3) is 0.341. The van der Waals surface area contributed by atoms with E-state index < -0.39 is 53.3 Å². The predicted molar refractivity (Wildman–Crippen MR) is 211 cm³/mol. The number of benzene rings is 2. The first-order valence-electron chi connectivity index (χ1n) is 18.6. The van der Waals surface area contributed by atoms with Crippen LogP contribution in [0.15, 0.2) is 86.2 Å². The third-order valence-corrected chi connectivity index (χ3v) is 11.3. The largest absolute Gasteiger partial charge is 0.479 e. The number of hydrogen-bond donors (Lipinski definition) is 3. The molecule has 3 aromatic heterocycles. The van der Waals surface area contributed by atoms with Gasteiger partial charge >= 0.3 is 5.97 Å². The van der Waals surface area contributed by atoms with E-state index in [0.717, 1.165) is 29.5 Å². The Morgan fingerprint density at radius 3 is 2.39 bits per heavy atom. The van der Waals surface area contributed by atoms with Crippen molar-refractivity contribution in [3.8, 4) is 16.6 Å². The first-order valence-corrected chi connectivity index (χ1v) is 19.4. The molecule has 1 saturated heterocycles. The van der Waals surface area contributed by atoms with Gasteiger partial charge in [0.2, 0.25) is 17.7 Å². The number of carboxylic acids is 1. The van der Waals surface area contributed by atoms with Crippen molar-refractivity contribution >= 4 is 56.3 Å². The van der Waals surface area contributed by atoms with Gasteiger partial charge < -0.3 is 25.4 Å².